The smallest absolute Gasteiger partial charge is 0.385 e. The predicted molar refractivity (Wildman–Crippen MR) is 150 cm³/mol. The Bertz CT molecular complexity index is 1310. The number of hydrogen-bond acceptors (Lipinski definition) is 4. The molecule has 1 saturated heterocycles. The minimum Gasteiger partial charge on any atom is -0.385 e. The highest BCUT2D eigenvalue weighted by Crippen LogP contribution is 2.71. The number of benzene rings is 1. The van der Waals surface area contributed by atoms with Gasteiger partial charge in [-0.15, -0.1) is 0 Å². The molecule has 1 heterocycles. The fraction of sp³-hybridized carbons (Fsp3) is 0.765. The van der Waals surface area contributed by atoms with E-state index in [0.717, 1.165) is 29.6 Å². The van der Waals surface area contributed by atoms with Crippen molar-refractivity contribution in [3.8, 4) is 0 Å². The van der Waals surface area contributed by atoms with Crippen molar-refractivity contribution in [2.45, 2.75) is 126 Å². The molecule has 0 aromatic heterocycles. The minimum atomic E-state index is -5.86. The molecule has 7 rings (SSSR count). The first-order valence-corrected chi connectivity index (χ1v) is 15.9. The molecular weight excluding hydrogens is 567 g/mol. The van der Waals surface area contributed by atoms with Gasteiger partial charge in [-0.3, -0.25) is 0 Å². The maximum Gasteiger partial charge on any atom is 0.456 e. The molecule has 1 aromatic rings. The predicted octanol–water partition coefficient (Wildman–Crippen LogP) is 7.79. The number of rotatable bonds is 3. The van der Waals surface area contributed by atoms with Gasteiger partial charge in [0.25, 0.3) is 0 Å². The number of fused-ring (bicyclic) bond motifs is 4. The van der Waals surface area contributed by atoms with Crippen LogP contribution in [0.25, 0.3) is 0 Å². The highest BCUT2D eigenvalue weighted by molar-refractivity contribution is 5.45. The number of alkyl halides is 5. The van der Waals surface area contributed by atoms with Crippen molar-refractivity contribution < 1.29 is 41.6 Å². The monoisotopic (exact) mass is 610 g/mol. The van der Waals surface area contributed by atoms with Crippen LogP contribution in [0.1, 0.15) is 108 Å². The summed E-state index contributed by atoms with van der Waals surface area (Å²) in [5.41, 5.74) is -2.32. The summed E-state index contributed by atoms with van der Waals surface area (Å²) in [6.07, 6.45) is -2.08. The molecule has 6 atom stereocenters. The summed E-state index contributed by atoms with van der Waals surface area (Å²) >= 11 is 0. The lowest BCUT2D eigenvalue weighted by Gasteiger charge is -2.59. The van der Waals surface area contributed by atoms with E-state index >= 15 is 8.78 Å². The van der Waals surface area contributed by atoms with E-state index in [1.807, 2.05) is 24.3 Å². The highest BCUT2D eigenvalue weighted by atomic mass is 19.4. The van der Waals surface area contributed by atoms with Crippen LogP contribution in [0.4, 0.5) is 22.0 Å². The molecule has 3 unspecified atom stereocenters. The van der Waals surface area contributed by atoms with Crippen LogP contribution in [0.3, 0.4) is 0 Å². The van der Waals surface area contributed by atoms with E-state index in [2.05, 4.69) is 13.8 Å². The molecule has 1 aromatic carbocycles. The van der Waals surface area contributed by atoms with Crippen LogP contribution in [0.15, 0.2) is 35.4 Å². The Kier molecular flexibility index (Phi) is 6.49. The molecule has 1 aliphatic heterocycles. The minimum absolute atomic E-state index is 0.0413. The number of ether oxygens (including phenoxy) is 2. The van der Waals surface area contributed by atoms with Crippen LogP contribution in [0, 0.1) is 22.7 Å². The van der Waals surface area contributed by atoms with Gasteiger partial charge in [-0.05, 0) is 85.8 Å². The van der Waals surface area contributed by atoms with Crippen LogP contribution in [-0.4, -0.2) is 52.5 Å². The first-order valence-electron chi connectivity index (χ1n) is 15.9. The first kappa shape index (κ1) is 30.1. The van der Waals surface area contributed by atoms with Gasteiger partial charge in [0.15, 0.2) is 5.79 Å². The van der Waals surface area contributed by atoms with Crippen molar-refractivity contribution in [3.63, 3.8) is 0 Å². The maximum absolute atomic E-state index is 15.3. The second-order valence-electron chi connectivity index (χ2n) is 15.6. The molecule has 4 saturated carbocycles. The summed E-state index contributed by atoms with van der Waals surface area (Å²) in [6, 6.07) is 8.05. The highest BCUT2D eigenvalue weighted by Gasteiger charge is 2.79. The van der Waals surface area contributed by atoms with Crippen LogP contribution >= 0.6 is 0 Å². The van der Waals surface area contributed by atoms with E-state index in [-0.39, 0.29) is 30.6 Å². The van der Waals surface area contributed by atoms with Crippen molar-refractivity contribution in [3.05, 3.63) is 46.5 Å². The Hall–Kier alpha value is -1.55. The van der Waals surface area contributed by atoms with E-state index in [1.165, 1.54) is 12.5 Å². The zero-order chi connectivity index (χ0) is 30.8. The largest absolute Gasteiger partial charge is 0.456 e. The van der Waals surface area contributed by atoms with Crippen LogP contribution in [0.2, 0.25) is 0 Å². The molecule has 238 valence electrons. The summed E-state index contributed by atoms with van der Waals surface area (Å²) in [6.45, 7) is 6.62. The van der Waals surface area contributed by atoms with Gasteiger partial charge >= 0.3 is 12.1 Å². The zero-order valence-electron chi connectivity index (χ0n) is 25.2. The maximum atomic E-state index is 15.3. The Morgan fingerprint density at radius 3 is 2.05 bits per heavy atom. The van der Waals surface area contributed by atoms with Crippen molar-refractivity contribution in [1.29, 1.82) is 0 Å². The summed E-state index contributed by atoms with van der Waals surface area (Å²) in [4.78, 5) is 0. The van der Waals surface area contributed by atoms with Crippen LogP contribution in [0.5, 0.6) is 0 Å². The summed E-state index contributed by atoms with van der Waals surface area (Å²) < 4.78 is 84.7. The third kappa shape index (κ3) is 4.34. The Balaban J connectivity index is 1.32. The fourth-order valence-electron chi connectivity index (χ4n) is 9.72. The van der Waals surface area contributed by atoms with E-state index in [9.17, 15) is 23.4 Å². The number of halogens is 5. The van der Waals surface area contributed by atoms with E-state index < -0.39 is 52.8 Å². The zero-order valence-corrected chi connectivity index (χ0v) is 25.2. The first-order chi connectivity index (χ1) is 19.9. The van der Waals surface area contributed by atoms with Gasteiger partial charge in [0.05, 0.1) is 18.8 Å². The van der Waals surface area contributed by atoms with Crippen molar-refractivity contribution in [2.24, 2.45) is 22.7 Å². The molecule has 43 heavy (non-hydrogen) atoms. The Labute approximate surface area is 250 Å². The molecular formula is C34H43F5O4. The average molecular weight is 611 g/mol. The number of aliphatic hydroxyl groups is 2. The van der Waals surface area contributed by atoms with Gasteiger partial charge in [-0.2, -0.15) is 22.0 Å². The molecule has 5 fully saturated rings. The summed E-state index contributed by atoms with van der Waals surface area (Å²) in [5.74, 6) is -6.98. The standard InChI is InChI=1S/C34H43F5O4/c1-28(2)18-42-31(43-19-28)14-11-26-27-23(10-13-30(26,40)17-31)25-12-15-32(41,33(35,36)34(37,38)39)29(25,3)16-24(27)22-8-6-21(7-9-22)20-4-5-20/h6-9,20,23-25,40-41H,4-5,10-19H2,1-3H3/t23?,24-,25?,29+,30?,32+/m1/s1. The molecule has 6 aliphatic rings. The van der Waals surface area contributed by atoms with E-state index in [0.29, 0.717) is 44.8 Å². The van der Waals surface area contributed by atoms with Gasteiger partial charge in [-0.25, -0.2) is 0 Å². The normalized spacial score (nSPS) is 40.7. The quantitative estimate of drug-likeness (QED) is 0.271. The van der Waals surface area contributed by atoms with E-state index in [4.69, 9.17) is 9.47 Å². The SMILES string of the molecule is CC1(C)COC2(CCC3=C4C(CCC3(O)C2)C2CC[C@@](O)(C(F)(F)C(F)(F)F)[C@@]2(C)C[C@@H]4c2ccc(C3CC3)cc2)OC1. The van der Waals surface area contributed by atoms with Gasteiger partial charge in [0.2, 0.25) is 0 Å². The number of allylic oxidation sites excluding steroid dienone is 1. The Morgan fingerprint density at radius 2 is 1.44 bits per heavy atom. The van der Waals surface area contributed by atoms with Gasteiger partial charge in [0.1, 0.15) is 5.60 Å². The van der Waals surface area contributed by atoms with Crippen LogP contribution < -0.4 is 0 Å². The molecule has 0 bridgehead atoms. The third-order valence-electron chi connectivity index (χ3n) is 12.3. The van der Waals surface area contributed by atoms with Crippen LogP contribution in [-0.2, 0) is 9.47 Å². The topological polar surface area (TPSA) is 58.9 Å². The number of hydrogen-bond donors (Lipinski definition) is 2. The lowest BCUT2D eigenvalue weighted by Crippen LogP contribution is -2.65. The molecule has 2 N–H and O–H groups in total. The average Bonchev–Trinajstić information content (AvgIpc) is 3.74. The fourth-order valence-corrected chi connectivity index (χ4v) is 9.72. The lowest BCUT2D eigenvalue weighted by atomic mass is 9.49. The molecule has 4 nitrogen and oxygen atoms in total. The molecule has 0 radical (unpaired) electrons. The molecule has 0 amide bonds. The second-order valence-corrected chi connectivity index (χ2v) is 15.6. The lowest BCUT2D eigenvalue weighted by molar-refractivity contribution is -0.362. The molecule has 9 heteroatoms. The molecule has 1 spiro atoms. The van der Waals surface area contributed by atoms with Crippen molar-refractivity contribution >= 4 is 0 Å². The van der Waals surface area contributed by atoms with Gasteiger partial charge in [-0.1, -0.05) is 50.6 Å². The molecule has 5 aliphatic carbocycles. The van der Waals surface area contributed by atoms with Crippen molar-refractivity contribution in [2.75, 3.05) is 13.2 Å². The van der Waals surface area contributed by atoms with E-state index in [1.54, 1.807) is 0 Å². The van der Waals surface area contributed by atoms with Gasteiger partial charge in [0, 0.05) is 29.6 Å². The van der Waals surface area contributed by atoms with Gasteiger partial charge < -0.3 is 19.7 Å². The third-order valence-corrected chi connectivity index (χ3v) is 12.3. The summed E-state index contributed by atoms with van der Waals surface area (Å²) in [5, 5.41) is 23.8. The van der Waals surface area contributed by atoms with Crippen molar-refractivity contribution in [1.82, 2.24) is 0 Å². The summed E-state index contributed by atoms with van der Waals surface area (Å²) in [7, 11) is 0. The Morgan fingerprint density at radius 1 is 0.814 bits per heavy atom. The second kappa shape index (κ2) is 9.26.